The van der Waals surface area contributed by atoms with E-state index in [1.807, 2.05) is 19.1 Å². The standard InChI is InChI=1S/C17H21N3O/c1-4-12-10-17(19-11(2)18-12)20-15-9-8-14-13(15)6-5-7-16(14)21-3/h5-7,10,15H,4,8-9H2,1-3H3,(H,18,19,20). The zero-order chi connectivity index (χ0) is 14.8. The van der Waals surface area contributed by atoms with E-state index in [1.165, 1.54) is 11.1 Å². The number of rotatable bonds is 4. The third kappa shape index (κ3) is 2.71. The highest BCUT2D eigenvalue weighted by atomic mass is 16.5. The maximum atomic E-state index is 5.46. The van der Waals surface area contributed by atoms with Crippen LogP contribution in [0.3, 0.4) is 0 Å². The van der Waals surface area contributed by atoms with Gasteiger partial charge in [-0.25, -0.2) is 9.97 Å². The molecule has 2 aromatic rings. The van der Waals surface area contributed by atoms with Crippen molar-refractivity contribution in [1.29, 1.82) is 0 Å². The summed E-state index contributed by atoms with van der Waals surface area (Å²) in [4.78, 5) is 8.93. The molecule has 0 fully saturated rings. The molecule has 110 valence electrons. The van der Waals surface area contributed by atoms with Gasteiger partial charge in [0.05, 0.1) is 13.2 Å². The Hall–Kier alpha value is -2.10. The number of hydrogen-bond acceptors (Lipinski definition) is 4. The molecule has 0 saturated carbocycles. The van der Waals surface area contributed by atoms with Crippen LogP contribution in [0.2, 0.25) is 0 Å². The number of fused-ring (bicyclic) bond motifs is 1. The van der Waals surface area contributed by atoms with Gasteiger partial charge in [0, 0.05) is 11.8 Å². The number of nitrogens with one attached hydrogen (secondary N) is 1. The SMILES string of the molecule is CCc1cc(NC2CCc3c(OC)cccc32)nc(C)n1. The number of anilines is 1. The normalized spacial score (nSPS) is 16.6. The first-order chi connectivity index (χ1) is 10.2. The van der Waals surface area contributed by atoms with Crippen LogP contribution in [0, 0.1) is 6.92 Å². The molecule has 1 aliphatic rings. The summed E-state index contributed by atoms with van der Waals surface area (Å²) in [7, 11) is 1.73. The largest absolute Gasteiger partial charge is 0.496 e. The molecular formula is C17H21N3O. The first kappa shape index (κ1) is 13.9. The van der Waals surface area contributed by atoms with Crippen molar-refractivity contribution in [1.82, 2.24) is 9.97 Å². The Labute approximate surface area is 125 Å². The Morgan fingerprint density at radius 2 is 2.19 bits per heavy atom. The molecule has 1 atom stereocenters. The smallest absolute Gasteiger partial charge is 0.130 e. The average molecular weight is 283 g/mol. The van der Waals surface area contributed by atoms with Crippen molar-refractivity contribution in [2.45, 2.75) is 39.2 Å². The lowest BCUT2D eigenvalue weighted by molar-refractivity contribution is 0.410. The lowest BCUT2D eigenvalue weighted by Gasteiger charge is -2.16. The van der Waals surface area contributed by atoms with Crippen LogP contribution in [-0.4, -0.2) is 17.1 Å². The van der Waals surface area contributed by atoms with Crippen LogP contribution in [-0.2, 0) is 12.8 Å². The zero-order valence-corrected chi connectivity index (χ0v) is 12.8. The van der Waals surface area contributed by atoms with Crippen LogP contribution in [0.15, 0.2) is 24.3 Å². The van der Waals surface area contributed by atoms with Gasteiger partial charge >= 0.3 is 0 Å². The van der Waals surface area contributed by atoms with Crippen molar-refractivity contribution < 1.29 is 4.74 Å². The van der Waals surface area contributed by atoms with Gasteiger partial charge in [0.15, 0.2) is 0 Å². The van der Waals surface area contributed by atoms with E-state index in [0.717, 1.165) is 42.3 Å². The quantitative estimate of drug-likeness (QED) is 0.933. The van der Waals surface area contributed by atoms with E-state index in [9.17, 15) is 0 Å². The summed E-state index contributed by atoms with van der Waals surface area (Å²) in [5.74, 6) is 2.73. The predicted molar refractivity (Wildman–Crippen MR) is 83.8 cm³/mol. The van der Waals surface area contributed by atoms with E-state index in [4.69, 9.17) is 4.74 Å². The number of nitrogens with zero attached hydrogens (tertiary/aromatic N) is 2. The second-order valence-electron chi connectivity index (χ2n) is 5.41. The third-order valence-corrected chi connectivity index (χ3v) is 4.02. The predicted octanol–water partition coefficient (Wildman–Crippen LogP) is 3.46. The molecule has 1 aromatic heterocycles. The van der Waals surface area contributed by atoms with Crippen molar-refractivity contribution in [2.24, 2.45) is 0 Å². The molecule has 0 radical (unpaired) electrons. The summed E-state index contributed by atoms with van der Waals surface area (Å²) in [5, 5.41) is 3.56. The Balaban J connectivity index is 1.87. The maximum Gasteiger partial charge on any atom is 0.130 e. The summed E-state index contributed by atoms with van der Waals surface area (Å²) in [5.41, 5.74) is 3.72. The van der Waals surface area contributed by atoms with Crippen molar-refractivity contribution in [3.63, 3.8) is 0 Å². The summed E-state index contributed by atoms with van der Waals surface area (Å²) in [6, 6.07) is 8.61. The van der Waals surface area contributed by atoms with Crippen molar-refractivity contribution in [3.8, 4) is 5.75 Å². The Kier molecular flexibility index (Phi) is 3.78. The lowest BCUT2D eigenvalue weighted by atomic mass is 10.1. The highest BCUT2D eigenvalue weighted by Crippen LogP contribution is 2.38. The zero-order valence-electron chi connectivity index (χ0n) is 12.8. The molecule has 1 aromatic carbocycles. The molecule has 1 heterocycles. The average Bonchev–Trinajstić information content (AvgIpc) is 2.89. The Bertz CT molecular complexity index is 654. The van der Waals surface area contributed by atoms with Gasteiger partial charge in [0.1, 0.15) is 17.4 Å². The topological polar surface area (TPSA) is 47.0 Å². The molecule has 1 aliphatic carbocycles. The molecule has 1 unspecified atom stereocenters. The molecule has 21 heavy (non-hydrogen) atoms. The minimum Gasteiger partial charge on any atom is -0.496 e. The molecule has 0 aliphatic heterocycles. The van der Waals surface area contributed by atoms with Crippen LogP contribution in [0.25, 0.3) is 0 Å². The lowest BCUT2D eigenvalue weighted by Crippen LogP contribution is -2.10. The van der Waals surface area contributed by atoms with Gasteiger partial charge in [-0.3, -0.25) is 0 Å². The van der Waals surface area contributed by atoms with E-state index in [0.29, 0.717) is 6.04 Å². The van der Waals surface area contributed by atoms with Crippen LogP contribution in [0.1, 0.15) is 42.0 Å². The van der Waals surface area contributed by atoms with Gasteiger partial charge in [-0.2, -0.15) is 0 Å². The fraction of sp³-hybridized carbons (Fsp3) is 0.412. The van der Waals surface area contributed by atoms with Gasteiger partial charge in [0.25, 0.3) is 0 Å². The van der Waals surface area contributed by atoms with E-state index in [-0.39, 0.29) is 0 Å². The molecule has 0 saturated heterocycles. The second kappa shape index (κ2) is 5.72. The molecule has 4 nitrogen and oxygen atoms in total. The van der Waals surface area contributed by atoms with E-state index in [1.54, 1.807) is 7.11 Å². The van der Waals surface area contributed by atoms with Gasteiger partial charge in [-0.15, -0.1) is 0 Å². The molecule has 1 N–H and O–H groups in total. The number of ether oxygens (including phenoxy) is 1. The minimum absolute atomic E-state index is 0.300. The molecule has 0 spiro atoms. The van der Waals surface area contributed by atoms with Crippen molar-refractivity contribution in [3.05, 3.63) is 46.9 Å². The van der Waals surface area contributed by atoms with Crippen LogP contribution >= 0.6 is 0 Å². The minimum atomic E-state index is 0.300. The Morgan fingerprint density at radius 1 is 1.33 bits per heavy atom. The summed E-state index contributed by atoms with van der Waals surface area (Å²) < 4.78 is 5.46. The molecule has 4 heteroatoms. The van der Waals surface area contributed by atoms with Crippen molar-refractivity contribution in [2.75, 3.05) is 12.4 Å². The van der Waals surface area contributed by atoms with Crippen molar-refractivity contribution >= 4 is 5.82 Å². The fourth-order valence-electron chi connectivity index (χ4n) is 3.03. The van der Waals surface area contributed by atoms with Gasteiger partial charge in [0.2, 0.25) is 0 Å². The molecule has 0 bridgehead atoms. The molecule has 3 rings (SSSR count). The Morgan fingerprint density at radius 3 is 2.95 bits per heavy atom. The number of aromatic nitrogens is 2. The van der Waals surface area contributed by atoms with Crippen LogP contribution in [0.4, 0.5) is 5.82 Å². The van der Waals surface area contributed by atoms with Gasteiger partial charge in [-0.05, 0) is 43.4 Å². The van der Waals surface area contributed by atoms with E-state index >= 15 is 0 Å². The van der Waals surface area contributed by atoms with E-state index in [2.05, 4.69) is 34.3 Å². The summed E-state index contributed by atoms with van der Waals surface area (Å²) in [6.07, 6.45) is 3.04. The monoisotopic (exact) mass is 283 g/mol. The number of benzene rings is 1. The summed E-state index contributed by atoms with van der Waals surface area (Å²) in [6.45, 7) is 4.05. The van der Waals surface area contributed by atoms with Crippen LogP contribution in [0.5, 0.6) is 5.75 Å². The highest BCUT2D eigenvalue weighted by Gasteiger charge is 2.25. The van der Waals surface area contributed by atoms with E-state index < -0.39 is 0 Å². The number of aryl methyl sites for hydroxylation is 2. The second-order valence-corrected chi connectivity index (χ2v) is 5.41. The number of hydrogen-bond donors (Lipinski definition) is 1. The first-order valence-electron chi connectivity index (χ1n) is 7.48. The molecular weight excluding hydrogens is 262 g/mol. The maximum absolute atomic E-state index is 5.46. The van der Waals surface area contributed by atoms with Gasteiger partial charge < -0.3 is 10.1 Å². The third-order valence-electron chi connectivity index (χ3n) is 4.02. The number of methoxy groups -OCH3 is 1. The fourth-order valence-corrected chi connectivity index (χ4v) is 3.03. The van der Waals surface area contributed by atoms with Crippen LogP contribution < -0.4 is 10.1 Å². The van der Waals surface area contributed by atoms with Gasteiger partial charge in [-0.1, -0.05) is 19.1 Å². The highest BCUT2D eigenvalue weighted by molar-refractivity contribution is 5.49. The summed E-state index contributed by atoms with van der Waals surface area (Å²) >= 11 is 0. The first-order valence-corrected chi connectivity index (χ1v) is 7.48. The molecule has 0 amide bonds.